The van der Waals surface area contributed by atoms with Crippen molar-refractivity contribution in [1.29, 1.82) is 5.26 Å². The Labute approximate surface area is 86.8 Å². The van der Waals surface area contributed by atoms with Crippen LogP contribution in [0.25, 0.3) is 11.0 Å². The van der Waals surface area contributed by atoms with Gasteiger partial charge in [0.25, 0.3) is 0 Å². The Kier molecular flexibility index (Phi) is 2.16. The number of rotatable bonds is 1. The van der Waals surface area contributed by atoms with E-state index in [1.165, 1.54) is 12.1 Å². The molecule has 0 saturated carbocycles. The second-order valence-corrected chi connectivity index (χ2v) is 3.51. The predicted molar refractivity (Wildman–Crippen MR) is 54.7 cm³/mol. The third kappa shape index (κ3) is 1.46. The lowest BCUT2D eigenvalue weighted by atomic mass is 10.2. The van der Waals surface area contributed by atoms with Crippen molar-refractivity contribution in [2.45, 2.75) is 12.8 Å². The highest BCUT2D eigenvalue weighted by Gasteiger charge is 2.13. The number of nitrogens with zero attached hydrogens (tertiary/aromatic N) is 3. The van der Waals surface area contributed by atoms with Gasteiger partial charge in [-0.3, -0.25) is 0 Å². The Hall–Kier alpha value is -1.89. The molecule has 1 heterocycles. The van der Waals surface area contributed by atoms with Gasteiger partial charge >= 0.3 is 0 Å². The fraction of sp³-hybridized carbons (Fsp3) is 0.273. The summed E-state index contributed by atoms with van der Waals surface area (Å²) >= 11 is 0. The molecule has 4 heteroatoms. The molecule has 76 valence electrons. The van der Waals surface area contributed by atoms with E-state index in [0.717, 1.165) is 5.52 Å². The van der Waals surface area contributed by atoms with Gasteiger partial charge in [0.05, 0.1) is 17.1 Å². The molecule has 15 heavy (non-hydrogen) atoms. The van der Waals surface area contributed by atoms with Gasteiger partial charge in [0.15, 0.2) is 0 Å². The van der Waals surface area contributed by atoms with Gasteiger partial charge < -0.3 is 4.57 Å². The highest BCUT2D eigenvalue weighted by atomic mass is 19.1. The smallest absolute Gasteiger partial charge is 0.126 e. The van der Waals surface area contributed by atoms with Crippen LogP contribution in [0.1, 0.15) is 18.7 Å². The molecule has 3 nitrogen and oxygen atoms in total. The summed E-state index contributed by atoms with van der Waals surface area (Å²) in [7, 11) is 1.83. The standard InChI is InChI=1S/C11H10FN3/c1-7(6-13)11-14-9-5-8(12)3-4-10(9)15(11)2/h3-5,7H,1-2H3. The highest BCUT2D eigenvalue weighted by Crippen LogP contribution is 2.20. The summed E-state index contributed by atoms with van der Waals surface area (Å²) in [5.41, 5.74) is 1.43. The van der Waals surface area contributed by atoms with Crippen LogP contribution in [0.5, 0.6) is 0 Å². The van der Waals surface area contributed by atoms with E-state index in [0.29, 0.717) is 11.3 Å². The molecular formula is C11H10FN3. The lowest BCUT2D eigenvalue weighted by molar-refractivity contribution is 0.629. The number of halogens is 1. The Morgan fingerprint density at radius 1 is 1.53 bits per heavy atom. The quantitative estimate of drug-likeness (QED) is 0.713. The Morgan fingerprint density at radius 3 is 2.93 bits per heavy atom. The maximum absolute atomic E-state index is 12.9. The van der Waals surface area contributed by atoms with Crippen LogP contribution < -0.4 is 0 Å². The average molecular weight is 203 g/mol. The number of imidazole rings is 1. The molecule has 0 fully saturated rings. The van der Waals surface area contributed by atoms with E-state index in [2.05, 4.69) is 11.1 Å². The summed E-state index contributed by atoms with van der Waals surface area (Å²) in [5.74, 6) is 0.0697. The number of aromatic nitrogens is 2. The number of hydrogen-bond acceptors (Lipinski definition) is 2. The lowest BCUT2D eigenvalue weighted by Crippen LogP contribution is -2.00. The number of benzene rings is 1. The van der Waals surface area contributed by atoms with Crippen LogP contribution in [0.4, 0.5) is 4.39 Å². The average Bonchev–Trinajstić information content (AvgIpc) is 2.54. The molecule has 1 atom stereocenters. The van der Waals surface area contributed by atoms with Crippen LogP contribution in [0.3, 0.4) is 0 Å². The van der Waals surface area contributed by atoms with E-state index in [1.807, 2.05) is 11.6 Å². The Bertz CT molecular complexity index is 551. The SMILES string of the molecule is CC(C#N)c1nc2cc(F)ccc2n1C. The zero-order valence-corrected chi connectivity index (χ0v) is 8.53. The first-order valence-corrected chi connectivity index (χ1v) is 4.65. The molecule has 0 bridgehead atoms. The minimum absolute atomic E-state index is 0.287. The zero-order valence-electron chi connectivity index (χ0n) is 8.53. The van der Waals surface area contributed by atoms with E-state index in [9.17, 15) is 4.39 Å². The van der Waals surface area contributed by atoms with E-state index in [1.54, 1.807) is 13.0 Å². The topological polar surface area (TPSA) is 41.6 Å². The molecule has 0 aliphatic heterocycles. The maximum Gasteiger partial charge on any atom is 0.126 e. The van der Waals surface area contributed by atoms with Crippen molar-refractivity contribution in [2.75, 3.05) is 0 Å². The van der Waals surface area contributed by atoms with Crippen LogP contribution >= 0.6 is 0 Å². The molecule has 0 radical (unpaired) electrons. The monoisotopic (exact) mass is 203 g/mol. The predicted octanol–water partition coefficient (Wildman–Crippen LogP) is 2.34. The van der Waals surface area contributed by atoms with Gasteiger partial charge in [-0.2, -0.15) is 5.26 Å². The van der Waals surface area contributed by atoms with E-state index >= 15 is 0 Å². The van der Waals surface area contributed by atoms with Crippen LogP contribution in [-0.2, 0) is 7.05 Å². The first kappa shape index (κ1) is 9.66. The van der Waals surface area contributed by atoms with Gasteiger partial charge in [-0.05, 0) is 19.1 Å². The van der Waals surface area contributed by atoms with Crippen molar-refractivity contribution >= 4 is 11.0 Å². The molecular weight excluding hydrogens is 193 g/mol. The summed E-state index contributed by atoms with van der Waals surface area (Å²) in [6, 6.07) is 6.56. The van der Waals surface area contributed by atoms with Crippen molar-refractivity contribution in [2.24, 2.45) is 7.05 Å². The summed E-state index contributed by atoms with van der Waals surface area (Å²) in [4.78, 5) is 4.24. The lowest BCUT2D eigenvalue weighted by Gasteiger charge is -2.02. The van der Waals surface area contributed by atoms with Crippen LogP contribution in [0.15, 0.2) is 18.2 Å². The number of nitriles is 1. The molecule has 0 N–H and O–H groups in total. The highest BCUT2D eigenvalue weighted by molar-refractivity contribution is 5.76. The fourth-order valence-corrected chi connectivity index (χ4v) is 1.64. The van der Waals surface area contributed by atoms with Crippen molar-refractivity contribution in [1.82, 2.24) is 9.55 Å². The first-order chi connectivity index (χ1) is 7.13. The molecule has 2 aromatic rings. The van der Waals surface area contributed by atoms with Crippen molar-refractivity contribution < 1.29 is 4.39 Å². The molecule has 0 aliphatic carbocycles. The second kappa shape index (κ2) is 3.35. The van der Waals surface area contributed by atoms with Gasteiger partial charge in [0.1, 0.15) is 17.6 Å². The third-order valence-corrected chi connectivity index (χ3v) is 2.46. The molecule has 0 spiro atoms. The summed E-state index contributed by atoms with van der Waals surface area (Å²) in [5, 5.41) is 8.81. The largest absolute Gasteiger partial charge is 0.330 e. The zero-order chi connectivity index (χ0) is 11.0. The number of fused-ring (bicyclic) bond motifs is 1. The van der Waals surface area contributed by atoms with Crippen molar-refractivity contribution in [3.05, 3.63) is 29.8 Å². The van der Waals surface area contributed by atoms with Gasteiger partial charge in [-0.15, -0.1) is 0 Å². The molecule has 1 unspecified atom stereocenters. The summed E-state index contributed by atoms with van der Waals surface area (Å²) in [6.45, 7) is 1.78. The van der Waals surface area contributed by atoms with E-state index < -0.39 is 0 Å². The van der Waals surface area contributed by atoms with Gasteiger partial charge in [-0.25, -0.2) is 9.37 Å². The van der Waals surface area contributed by atoms with Gasteiger partial charge in [0.2, 0.25) is 0 Å². The third-order valence-electron chi connectivity index (χ3n) is 2.46. The van der Waals surface area contributed by atoms with E-state index in [4.69, 9.17) is 5.26 Å². The summed E-state index contributed by atoms with van der Waals surface area (Å²) in [6.07, 6.45) is 0. The van der Waals surface area contributed by atoms with Crippen LogP contribution in [-0.4, -0.2) is 9.55 Å². The molecule has 0 aliphatic rings. The number of hydrogen-bond donors (Lipinski definition) is 0. The number of aryl methyl sites for hydroxylation is 1. The second-order valence-electron chi connectivity index (χ2n) is 3.51. The van der Waals surface area contributed by atoms with Crippen molar-refractivity contribution in [3.8, 4) is 6.07 Å². The van der Waals surface area contributed by atoms with E-state index in [-0.39, 0.29) is 11.7 Å². The molecule has 0 saturated heterocycles. The Morgan fingerprint density at radius 2 is 2.27 bits per heavy atom. The molecule has 2 rings (SSSR count). The van der Waals surface area contributed by atoms with Gasteiger partial charge in [-0.1, -0.05) is 0 Å². The molecule has 1 aromatic carbocycles. The minimum atomic E-state index is -0.309. The van der Waals surface area contributed by atoms with Crippen LogP contribution in [0, 0.1) is 17.1 Å². The van der Waals surface area contributed by atoms with Crippen LogP contribution in [0.2, 0.25) is 0 Å². The maximum atomic E-state index is 12.9. The Balaban J connectivity index is 2.70. The fourth-order valence-electron chi connectivity index (χ4n) is 1.64. The van der Waals surface area contributed by atoms with Gasteiger partial charge in [0, 0.05) is 13.1 Å². The first-order valence-electron chi connectivity index (χ1n) is 4.65. The molecule has 0 amide bonds. The molecule has 1 aromatic heterocycles. The normalized spacial score (nSPS) is 12.7. The van der Waals surface area contributed by atoms with Crippen molar-refractivity contribution in [3.63, 3.8) is 0 Å². The minimum Gasteiger partial charge on any atom is -0.330 e. The summed E-state index contributed by atoms with van der Waals surface area (Å²) < 4.78 is 14.8.